The molecule has 2 fully saturated rings. The summed E-state index contributed by atoms with van der Waals surface area (Å²) < 4.78 is 0. The first-order valence-corrected chi connectivity index (χ1v) is 8.76. The number of hydrogen-bond donors (Lipinski definition) is 1. The Morgan fingerprint density at radius 1 is 1.48 bits per heavy atom. The number of nitrogens with one attached hydrogen (secondary N) is 1. The van der Waals surface area contributed by atoms with Crippen molar-refractivity contribution >= 4 is 35.6 Å². The van der Waals surface area contributed by atoms with Gasteiger partial charge in [0, 0.05) is 44.0 Å². The van der Waals surface area contributed by atoms with Crippen molar-refractivity contribution in [2.45, 2.75) is 25.3 Å². The maximum absolute atomic E-state index is 12.4. The van der Waals surface area contributed by atoms with Gasteiger partial charge in [-0.25, -0.2) is 4.98 Å². The highest BCUT2D eigenvalue weighted by molar-refractivity contribution is 7.07. The molecule has 3 rings (SSSR count). The number of halogens is 1. The molecule has 0 spiro atoms. The fourth-order valence-corrected chi connectivity index (χ4v) is 4.06. The molecule has 2 amide bonds. The molecular formula is C15H23ClN4O2S. The molecule has 0 aliphatic carbocycles. The Morgan fingerprint density at radius 2 is 2.30 bits per heavy atom. The smallest absolute Gasteiger partial charge is 0.273 e. The fourth-order valence-electron chi connectivity index (χ4n) is 3.54. The SMILES string of the molecule is CNCCN1C(=O)CC[C@H]2CN(C(=O)c3cscn3)CC[C@H]21.Cl. The largest absolute Gasteiger partial charge is 0.338 e. The number of aromatic nitrogens is 1. The summed E-state index contributed by atoms with van der Waals surface area (Å²) in [7, 11) is 1.90. The summed E-state index contributed by atoms with van der Waals surface area (Å²) in [6.45, 7) is 3.03. The van der Waals surface area contributed by atoms with Crippen LogP contribution >= 0.6 is 23.7 Å². The number of carbonyl (C=O) groups is 2. The molecular weight excluding hydrogens is 336 g/mol. The first-order valence-electron chi connectivity index (χ1n) is 7.82. The fraction of sp³-hybridized carbons (Fsp3) is 0.667. The molecule has 2 saturated heterocycles. The van der Waals surface area contributed by atoms with E-state index in [2.05, 4.69) is 10.3 Å². The van der Waals surface area contributed by atoms with Crippen LogP contribution in [0.2, 0.25) is 0 Å². The number of likely N-dealkylation sites (tertiary alicyclic amines) is 2. The Balaban J connectivity index is 0.00000192. The van der Waals surface area contributed by atoms with Crippen LogP contribution in [0.5, 0.6) is 0 Å². The molecule has 0 aromatic carbocycles. The van der Waals surface area contributed by atoms with Crippen LogP contribution < -0.4 is 5.32 Å². The lowest BCUT2D eigenvalue weighted by atomic mass is 9.83. The van der Waals surface area contributed by atoms with Gasteiger partial charge in [0.1, 0.15) is 5.69 Å². The summed E-state index contributed by atoms with van der Waals surface area (Å²) in [4.78, 5) is 32.6. The highest BCUT2D eigenvalue weighted by atomic mass is 35.5. The van der Waals surface area contributed by atoms with Gasteiger partial charge in [-0.3, -0.25) is 9.59 Å². The Labute approximate surface area is 146 Å². The van der Waals surface area contributed by atoms with Crippen molar-refractivity contribution in [3.05, 3.63) is 16.6 Å². The van der Waals surface area contributed by atoms with E-state index < -0.39 is 0 Å². The lowest BCUT2D eigenvalue weighted by Crippen LogP contribution is -2.57. The minimum absolute atomic E-state index is 0. The topological polar surface area (TPSA) is 65.5 Å². The Kier molecular flexibility index (Phi) is 6.38. The number of rotatable bonds is 4. The minimum atomic E-state index is 0. The lowest BCUT2D eigenvalue weighted by Gasteiger charge is -2.47. The third-order valence-corrected chi connectivity index (χ3v) is 5.27. The van der Waals surface area contributed by atoms with Gasteiger partial charge in [-0.1, -0.05) is 0 Å². The molecule has 2 aliphatic heterocycles. The third kappa shape index (κ3) is 3.84. The average Bonchev–Trinajstić information content (AvgIpc) is 3.07. The van der Waals surface area contributed by atoms with Crippen molar-refractivity contribution in [2.24, 2.45) is 5.92 Å². The van der Waals surface area contributed by atoms with E-state index in [-0.39, 0.29) is 30.3 Å². The molecule has 3 heterocycles. The van der Waals surface area contributed by atoms with Gasteiger partial charge in [-0.2, -0.15) is 0 Å². The number of carbonyl (C=O) groups excluding carboxylic acids is 2. The number of likely N-dealkylation sites (N-methyl/N-ethyl adjacent to an activating group) is 1. The van der Waals surface area contributed by atoms with Crippen molar-refractivity contribution in [3.63, 3.8) is 0 Å². The molecule has 1 aromatic rings. The molecule has 8 heteroatoms. The van der Waals surface area contributed by atoms with Crippen LogP contribution in [0.4, 0.5) is 0 Å². The van der Waals surface area contributed by atoms with Crippen LogP contribution in [0.1, 0.15) is 29.8 Å². The molecule has 23 heavy (non-hydrogen) atoms. The zero-order valence-electron chi connectivity index (χ0n) is 13.2. The summed E-state index contributed by atoms with van der Waals surface area (Å²) in [5.41, 5.74) is 2.24. The van der Waals surface area contributed by atoms with Crippen LogP contribution in [0, 0.1) is 5.92 Å². The lowest BCUT2D eigenvalue weighted by molar-refractivity contribution is -0.140. The molecule has 2 aliphatic rings. The van der Waals surface area contributed by atoms with Gasteiger partial charge in [-0.05, 0) is 25.8 Å². The Hall–Kier alpha value is -1.18. The van der Waals surface area contributed by atoms with Crippen molar-refractivity contribution in [1.29, 1.82) is 0 Å². The minimum Gasteiger partial charge on any atom is -0.338 e. The van der Waals surface area contributed by atoms with Gasteiger partial charge >= 0.3 is 0 Å². The van der Waals surface area contributed by atoms with Crippen LogP contribution in [0.15, 0.2) is 10.9 Å². The van der Waals surface area contributed by atoms with Gasteiger partial charge in [0.2, 0.25) is 5.91 Å². The molecule has 1 N–H and O–H groups in total. The molecule has 0 unspecified atom stereocenters. The predicted molar refractivity (Wildman–Crippen MR) is 92.0 cm³/mol. The van der Waals surface area contributed by atoms with Gasteiger partial charge in [0.25, 0.3) is 5.91 Å². The summed E-state index contributed by atoms with van der Waals surface area (Å²) in [5.74, 6) is 0.681. The predicted octanol–water partition coefficient (Wildman–Crippen LogP) is 1.24. The highest BCUT2D eigenvalue weighted by Crippen LogP contribution is 2.31. The van der Waals surface area contributed by atoms with E-state index in [0.29, 0.717) is 24.6 Å². The van der Waals surface area contributed by atoms with Crippen molar-refractivity contribution < 1.29 is 9.59 Å². The number of hydrogen-bond acceptors (Lipinski definition) is 5. The molecule has 0 radical (unpaired) electrons. The second-order valence-corrected chi connectivity index (χ2v) is 6.69. The Bertz CT molecular complexity index is 540. The van der Waals surface area contributed by atoms with E-state index in [4.69, 9.17) is 0 Å². The van der Waals surface area contributed by atoms with Crippen molar-refractivity contribution in [2.75, 3.05) is 33.2 Å². The first-order chi connectivity index (χ1) is 10.7. The second kappa shape index (κ2) is 8.08. The Morgan fingerprint density at radius 3 is 3.00 bits per heavy atom. The molecule has 0 bridgehead atoms. The number of thiazole rings is 1. The van der Waals surface area contributed by atoms with E-state index in [9.17, 15) is 9.59 Å². The number of amides is 2. The maximum atomic E-state index is 12.4. The number of fused-ring (bicyclic) bond motifs is 1. The van der Waals surface area contributed by atoms with Gasteiger partial charge < -0.3 is 15.1 Å². The zero-order valence-corrected chi connectivity index (χ0v) is 14.9. The number of nitrogens with zero attached hydrogens (tertiary/aromatic N) is 3. The highest BCUT2D eigenvalue weighted by Gasteiger charge is 2.40. The van der Waals surface area contributed by atoms with E-state index >= 15 is 0 Å². The van der Waals surface area contributed by atoms with Crippen LogP contribution in [0.3, 0.4) is 0 Å². The van der Waals surface area contributed by atoms with Crippen LogP contribution in [-0.2, 0) is 4.79 Å². The summed E-state index contributed by atoms with van der Waals surface area (Å²) in [6.07, 6.45) is 2.36. The number of piperidine rings is 2. The molecule has 1 aromatic heterocycles. The van der Waals surface area contributed by atoms with E-state index in [1.54, 1.807) is 10.9 Å². The van der Waals surface area contributed by atoms with E-state index in [1.807, 2.05) is 16.8 Å². The molecule has 6 nitrogen and oxygen atoms in total. The third-order valence-electron chi connectivity index (χ3n) is 4.68. The summed E-state index contributed by atoms with van der Waals surface area (Å²) >= 11 is 1.45. The quantitative estimate of drug-likeness (QED) is 0.879. The van der Waals surface area contributed by atoms with Crippen LogP contribution in [0.25, 0.3) is 0 Å². The van der Waals surface area contributed by atoms with Crippen LogP contribution in [-0.4, -0.2) is 65.9 Å². The van der Waals surface area contributed by atoms with Crippen molar-refractivity contribution in [3.8, 4) is 0 Å². The summed E-state index contributed by atoms with van der Waals surface area (Å²) in [6, 6.07) is 0.286. The normalized spacial score (nSPS) is 24.1. The van der Waals surface area contributed by atoms with Gasteiger partial charge in [0.15, 0.2) is 0 Å². The molecule has 2 atom stereocenters. The van der Waals surface area contributed by atoms with E-state index in [0.717, 1.165) is 32.5 Å². The van der Waals surface area contributed by atoms with E-state index in [1.165, 1.54) is 11.3 Å². The standard InChI is InChI=1S/C15H22N4O2S.ClH/c1-16-5-7-19-13-4-6-18(8-11(13)2-3-14(19)20)15(21)12-9-22-10-17-12;/h9-11,13,16H,2-8H2,1H3;1H/t11-,13+;/m0./s1. The monoisotopic (exact) mass is 358 g/mol. The van der Waals surface area contributed by atoms with Gasteiger partial charge in [0.05, 0.1) is 5.51 Å². The molecule has 0 saturated carbocycles. The first kappa shape index (κ1) is 18.2. The zero-order chi connectivity index (χ0) is 15.5. The second-order valence-electron chi connectivity index (χ2n) is 5.97. The summed E-state index contributed by atoms with van der Waals surface area (Å²) in [5, 5.41) is 4.91. The molecule has 128 valence electrons. The van der Waals surface area contributed by atoms with Gasteiger partial charge in [-0.15, -0.1) is 23.7 Å². The maximum Gasteiger partial charge on any atom is 0.273 e. The average molecular weight is 359 g/mol. The van der Waals surface area contributed by atoms with Crippen molar-refractivity contribution in [1.82, 2.24) is 20.1 Å².